The zero-order valence-electron chi connectivity index (χ0n) is 11.3. The Morgan fingerprint density at radius 1 is 1.17 bits per heavy atom. The minimum atomic E-state index is 0.740. The highest BCUT2D eigenvalue weighted by atomic mass is 15.2. The van der Waals surface area contributed by atoms with Gasteiger partial charge < -0.3 is 5.32 Å². The lowest BCUT2D eigenvalue weighted by molar-refractivity contribution is 0.0223. The predicted molar refractivity (Wildman–Crippen MR) is 75.4 cm³/mol. The number of nitrogens with zero attached hydrogens (tertiary/aromatic N) is 1. The van der Waals surface area contributed by atoms with Gasteiger partial charge in [0.1, 0.15) is 0 Å². The van der Waals surface area contributed by atoms with E-state index in [9.17, 15) is 0 Å². The molecule has 0 saturated carbocycles. The summed E-state index contributed by atoms with van der Waals surface area (Å²) in [5, 5.41) is 3.56. The Labute approximate surface area is 110 Å². The van der Waals surface area contributed by atoms with Gasteiger partial charge >= 0.3 is 0 Å². The lowest BCUT2D eigenvalue weighted by Crippen LogP contribution is -2.55. The van der Waals surface area contributed by atoms with Crippen LogP contribution in [0.2, 0.25) is 0 Å². The summed E-state index contributed by atoms with van der Waals surface area (Å²) in [5.74, 6) is 0.874. The number of nitrogens with one attached hydrogen (secondary N) is 1. The van der Waals surface area contributed by atoms with E-state index in [0.717, 1.165) is 24.5 Å². The number of piperidine rings is 2. The van der Waals surface area contributed by atoms with Crippen LogP contribution < -0.4 is 5.32 Å². The van der Waals surface area contributed by atoms with Gasteiger partial charge in [-0.05, 0) is 50.8 Å². The number of benzene rings is 1. The van der Waals surface area contributed by atoms with Crippen molar-refractivity contribution in [3.63, 3.8) is 0 Å². The first-order chi connectivity index (χ1) is 8.84. The number of hydrogen-bond donors (Lipinski definition) is 1. The van der Waals surface area contributed by atoms with Gasteiger partial charge in [0.05, 0.1) is 0 Å². The average Bonchev–Trinajstić information content (AvgIpc) is 2.43. The number of fused-ring (bicyclic) bond motifs is 1. The molecule has 2 fully saturated rings. The highest BCUT2D eigenvalue weighted by molar-refractivity contribution is 5.15. The number of rotatable bonds is 2. The zero-order valence-corrected chi connectivity index (χ0v) is 11.3. The SMILES string of the molecule is CC1CCC2CNCCC2N1Cc1ccccc1. The molecule has 3 unspecified atom stereocenters. The second-order valence-corrected chi connectivity index (χ2v) is 5.90. The van der Waals surface area contributed by atoms with E-state index < -0.39 is 0 Å². The van der Waals surface area contributed by atoms with Crippen molar-refractivity contribution in [2.45, 2.75) is 44.8 Å². The van der Waals surface area contributed by atoms with Crippen LogP contribution >= 0.6 is 0 Å². The molecule has 2 nitrogen and oxygen atoms in total. The molecule has 0 aromatic heterocycles. The van der Waals surface area contributed by atoms with E-state index in [1.165, 1.54) is 37.9 Å². The van der Waals surface area contributed by atoms with Crippen LogP contribution in [0.3, 0.4) is 0 Å². The third-order valence-electron chi connectivity index (χ3n) is 4.72. The van der Waals surface area contributed by atoms with Crippen LogP contribution in [0.4, 0.5) is 0 Å². The Bertz CT molecular complexity index is 376. The number of hydrogen-bond acceptors (Lipinski definition) is 2. The van der Waals surface area contributed by atoms with Crippen molar-refractivity contribution in [3.05, 3.63) is 35.9 Å². The van der Waals surface area contributed by atoms with Crippen molar-refractivity contribution in [2.24, 2.45) is 5.92 Å². The van der Waals surface area contributed by atoms with E-state index in [1.54, 1.807) is 0 Å². The van der Waals surface area contributed by atoms with Crippen molar-refractivity contribution < 1.29 is 0 Å². The van der Waals surface area contributed by atoms with E-state index in [-0.39, 0.29) is 0 Å². The van der Waals surface area contributed by atoms with Gasteiger partial charge in [0.2, 0.25) is 0 Å². The summed E-state index contributed by atoms with van der Waals surface area (Å²) in [5.41, 5.74) is 1.46. The van der Waals surface area contributed by atoms with Crippen LogP contribution in [-0.4, -0.2) is 30.1 Å². The summed E-state index contributed by atoms with van der Waals surface area (Å²) in [6.07, 6.45) is 4.08. The molecule has 2 aliphatic rings. The van der Waals surface area contributed by atoms with Gasteiger partial charge in [-0.3, -0.25) is 4.90 Å². The summed E-state index contributed by atoms with van der Waals surface area (Å²) in [6, 6.07) is 12.5. The summed E-state index contributed by atoms with van der Waals surface area (Å²) in [7, 11) is 0. The molecular formula is C16H24N2. The summed E-state index contributed by atoms with van der Waals surface area (Å²) >= 11 is 0. The van der Waals surface area contributed by atoms with E-state index in [2.05, 4.69) is 47.5 Å². The molecule has 18 heavy (non-hydrogen) atoms. The van der Waals surface area contributed by atoms with Crippen molar-refractivity contribution in [1.82, 2.24) is 10.2 Å². The fourth-order valence-corrected chi connectivity index (χ4v) is 3.66. The topological polar surface area (TPSA) is 15.3 Å². The Morgan fingerprint density at radius 3 is 2.83 bits per heavy atom. The Kier molecular flexibility index (Phi) is 3.67. The van der Waals surface area contributed by atoms with Gasteiger partial charge in [-0.15, -0.1) is 0 Å². The minimum absolute atomic E-state index is 0.740. The smallest absolute Gasteiger partial charge is 0.0239 e. The largest absolute Gasteiger partial charge is 0.316 e. The van der Waals surface area contributed by atoms with E-state index in [4.69, 9.17) is 0 Å². The van der Waals surface area contributed by atoms with Crippen LogP contribution in [0.15, 0.2) is 30.3 Å². The maximum atomic E-state index is 3.56. The lowest BCUT2D eigenvalue weighted by atomic mass is 9.82. The normalized spacial score (nSPS) is 33.1. The van der Waals surface area contributed by atoms with Gasteiger partial charge in [-0.25, -0.2) is 0 Å². The van der Waals surface area contributed by atoms with Gasteiger partial charge in [0.25, 0.3) is 0 Å². The van der Waals surface area contributed by atoms with Crippen molar-refractivity contribution in [2.75, 3.05) is 13.1 Å². The maximum absolute atomic E-state index is 3.56. The molecule has 1 aromatic carbocycles. The Balaban J connectivity index is 1.75. The fraction of sp³-hybridized carbons (Fsp3) is 0.625. The van der Waals surface area contributed by atoms with Crippen LogP contribution in [-0.2, 0) is 6.54 Å². The standard InChI is InChI=1S/C16H24N2/c1-13-7-8-15-11-17-10-9-16(15)18(13)12-14-5-3-2-4-6-14/h2-6,13,15-17H,7-12H2,1H3. The first kappa shape index (κ1) is 12.2. The van der Waals surface area contributed by atoms with Gasteiger partial charge in [-0.2, -0.15) is 0 Å². The molecule has 98 valence electrons. The van der Waals surface area contributed by atoms with Crippen LogP contribution in [0, 0.1) is 5.92 Å². The second kappa shape index (κ2) is 5.41. The fourth-order valence-electron chi connectivity index (χ4n) is 3.66. The van der Waals surface area contributed by atoms with Crippen LogP contribution in [0.25, 0.3) is 0 Å². The molecule has 2 aliphatic heterocycles. The molecule has 2 heterocycles. The van der Waals surface area contributed by atoms with Gasteiger partial charge in [-0.1, -0.05) is 30.3 Å². The van der Waals surface area contributed by atoms with Gasteiger partial charge in [0.15, 0.2) is 0 Å². The average molecular weight is 244 g/mol. The van der Waals surface area contributed by atoms with Crippen molar-refractivity contribution in [3.8, 4) is 0 Å². The third kappa shape index (κ3) is 2.45. The molecule has 2 saturated heterocycles. The first-order valence-corrected chi connectivity index (χ1v) is 7.35. The minimum Gasteiger partial charge on any atom is -0.316 e. The molecule has 3 rings (SSSR count). The zero-order chi connectivity index (χ0) is 12.4. The van der Waals surface area contributed by atoms with Crippen LogP contribution in [0.5, 0.6) is 0 Å². The van der Waals surface area contributed by atoms with Crippen molar-refractivity contribution in [1.29, 1.82) is 0 Å². The van der Waals surface area contributed by atoms with Crippen LogP contribution in [0.1, 0.15) is 31.7 Å². The monoisotopic (exact) mass is 244 g/mol. The molecule has 1 aromatic rings. The Hall–Kier alpha value is -0.860. The lowest BCUT2D eigenvalue weighted by Gasteiger charge is -2.48. The summed E-state index contributed by atoms with van der Waals surface area (Å²) < 4.78 is 0. The van der Waals surface area contributed by atoms with E-state index in [1.807, 2.05) is 0 Å². The molecule has 0 bridgehead atoms. The molecule has 0 aliphatic carbocycles. The Morgan fingerprint density at radius 2 is 2.00 bits per heavy atom. The van der Waals surface area contributed by atoms with Crippen molar-refractivity contribution >= 4 is 0 Å². The molecule has 2 heteroatoms. The quantitative estimate of drug-likeness (QED) is 0.860. The molecule has 0 spiro atoms. The maximum Gasteiger partial charge on any atom is 0.0239 e. The predicted octanol–water partition coefficient (Wildman–Crippen LogP) is 2.65. The molecule has 0 amide bonds. The first-order valence-electron chi connectivity index (χ1n) is 7.35. The van der Waals surface area contributed by atoms with E-state index in [0.29, 0.717) is 0 Å². The number of likely N-dealkylation sites (tertiary alicyclic amines) is 1. The summed E-state index contributed by atoms with van der Waals surface area (Å²) in [4.78, 5) is 2.75. The highest BCUT2D eigenvalue weighted by Crippen LogP contribution is 2.32. The molecule has 0 radical (unpaired) electrons. The molecular weight excluding hydrogens is 220 g/mol. The molecule has 1 N–H and O–H groups in total. The highest BCUT2D eigenvalue weighted by Gasteiger charge is 2.36. The molecule has 3 atom stereocenters. The van der Waals surface area contributed by atoms with E-state index >= 15 is 0 Å². The summed E-state index contributed by atoms with van der Waals surface area (Å²) in [6.45, 7) is 5.95. The second-order valence-electron chi connectivity index (χ2n) is 5.90. The third-order valence-corrected chi connectivity index (χ3v) is 4.72. The van der Waals surface area contributed by atoms with Gasteiger partial charge in [0, 0.05) is 18.6 Å².